The Bertz CT molecular complexity index is 1310. The summed E-state index contributed by atoms with van der Waals surface area (Å²) >= 11 is 0. The molecular formula is C24H26N6O5. The second-order valence-electron chi connectivity index (χ2n) is 7.45. The number of nitrogens with zero attached hydrogens (tertiary/aromatic N) is 4. The highest BCUT2D eigenvalue weighted by Gasteiger charge is 2.20. The smallest absolute Gasteiger partial charge is 0.281 e. The van der Waals surface area contributed by atoms with E-state index in [1.165, 1.54) is 19.4 Å². The fraction of sp³-hybridized carbons (Fsp3) is 0.292. The monoisotopic (exact) mass is 478 g/mol. The summed E-state index contributed by atoms with van der Waals surface area (Å²) in [5.41, 5.74) is 1.17. The van der Waals surface area contributed by atoms with Crippen molar-refractivity contribution < 1.29 is 23.8 Å². The maximum Gasteiger partial charge on any atom is 0.281 e. The van der Waals surface area contributed by atoms with Crippen LogP contribution in [0.4, 0.5) is 5.82 Å². The number of pyridine rings is 1. The molecule has 1 aliphatic heterocycles. The largest absolute Gasteiger partial charge is 0.491 e. The molecular weight excluding hydrogens is 452 g/mol. The van der Waals surface area contributed by atoms with E-state index < -0.39 is 5.91 Å². The Labute approximate surface area is 201 Å². The Morgan fingerprint density at radius 3 is 2.94 bits per heavy atom. The summed E-state index contributed by atoms with van der Waals surface area (Å²) in [6.07, 6.45) is 4.28. The predicted octanol–water partition coefficient (Wildman–Crippen LogP) is 1.30. The van der Waals surface area contributed by atoms with Crippen molar-refractivity contribution in [3.8, 4) is 11.5 Å². The number of benzene rings is 1. The number of aromatic nitrogens is 3. The Hall–Kier alpha value is -4.25. The molecule has 0 radical (unpaired) electrons. The van der Waals surface area contributed by atoms with E-state index in [1.54, 1.807) is 18.3 Å². The predicted molar refractivity (Wildman–Crippen MR) is 128 cm³/mol. The average molecular weight is 479 g/mol. The molecule has 1 aromatic carbocycles. The van der Waals surface area contributed by atoms with Gasteiger partial charge >= 0.3 is 0 Å². The number of rotatable bonds is 10. The number of methoxy groups -OCH3 is 1. The number of hydrogen-bond donors (Lipinski definition) is 2. The van der Waals surface area contributed by atoms with Gasteiger partial charge in [0, 0.05) is 37.4 Å². The van der Waals surface area contributed by atoms with Crippen LogP contribution in [0.2, 0.25) is 0 Å². The van der Waals surface area contributed by atoms with Gasteiger partial charge in [0.2, 0.25) is 11.5 Å². The van der Waals surface area contributed by atoms with Gasteiger partial charge in [-0.05, 0) is 30.3 Å². The summed E-state index contributed by atoms with van der Waals surface area (Å²) in [6.45, 7) is 6.03. The third kappa shape index (κ3) is 5.46. The molecule has 182 valence electrons. The molecule has 0 aliphatic carbocycles. The van der Waals surface area contributed by atoms with E-state index in [0.717, 1.165) is 11.2 Å². The lowest BCUT2D eigenvalue weighted by Gasteiger charge is -2.15. The molecule has 2 N–H and O–H groups in total. The Morgan fingerprint density at radius 1 is 1.29 bits per heavy atom. The van der Waals surface area contributed by atoms with Crippen LogP contribution in [0.1, 0.15) is 10.4 Å². The Kier molecular flexibility index (Phi) is 7.68. The molecule has 4 rings (SSSR count). The van der Waals surface area contributed by atoms with Gasteiger partial charge in [-0.3, -0.25) is 19.1 Å². The Morgan fingerprint density at radius 2 is 2.17 bits per heavy atom. The topological polar surface area (TPSA) is 129 Å². The molecule has 0 unspecified atom stereocenters. The number of hydrogen-bond acceptors (Lipinski definition) is 8. The van der Waals surface area contributed by atoms with Crippen LogP contribution >= 0.6 is 0 Å². The zero-order valence-electron chi connectivity index (χ0n) is 19.3. The van der Waals surface area contributed by atoms with Gasteiger partial charge in [-0.25, -0.2) is 4.98 Å². The van der Waals surface area contributed by atoms with Crippen molar-refractivity contribution in [3.63, 3.8) is 0 Å². The molecule has 35 heavy (non-hydrogen) atoms. The van der Waals surface area contributed by atoms with Crippen molar-refractivity contribution in [2.24, 2.45) is 4.99 Å². The molecule has 2 aromatic heterocycles. The number of carbonyl (C=O) groups is 2. The van der Waals surface area contributed by atoms with Crippen molar-refractivity contribution in [3.05, 3.63) is 60.5 Å². The maximum absolute atomic E-state index is 12.7. The minimum atomic E-state index is -0.431. The van der Waals surface area contributed by atoms with Gasteiger partial charge in [-0.15, -0.1) is 0 Å². The zero-order valence-corrected chi connectivity index (χ0v) is 19.3. The minimum absolute atomic E-state index is 0.245. The van der Waals surface area contributed by atoms with Crippen LogP contribution in [-0.4, -0.2) is 66.4 Å². The Balaban J connectivity index is 1.56. The van der Waals surface area contributed by atoms with Crippen LogP contribution in [0.15, 0.2) is 54.3 Å². The van der Waals surface area contributed by atoms with Gasteiger partial charge in [0.25, 0.3) is 5.91 Å². The van der Waals surface area contributed by atoms with Crippen LogP contribution in [0, 0.1) is 0 Å². The first-order chi connectivity index (χ1) is 17.1. The highest BCUT2D eigenvalue weighted by atomic mass is 16.5. The molecule has 0 saturated carbocycles. The highest BCUT2D eigenvalue weighted by Crippen LogP contribution is 2.37. The van der Waals surface area contributed by atoms with Crippen molar-refractivity contribution >= 4 is 28.5 Å². The summed E-state index contributed by atoms with van der Waals surface area (Å²) in [5.74, 6) is 1.05. The first-order valence-electron chi connectivity index (χ1n) is 11.1. The van der Waals surface area contributed by atoms with Crippen LogP contribution < -0.4 is 25.7 Å². The van der Waals surface area contributed by atoms with E-state index in [2.05, 4.69) is 32.2 Å². The number of anilines is 1. The summed E-state index contributed by atoms with van der Waals surface area (Å²) in [6, 6.07) is 7.04. The molecule has 0 bridgehead atoms. The third-order valence-electron chi connectivity index (χ3n) is 5.23. The highest BCUT2D eigenvalue weighted by molar-refractivity contribution is 5.96. The SMILES string of the molecule is C=CC(=O)NCCOCCOc1ccc2c3n(c(=NC(=O)c4cccnc4)nc2c1OC)CCN3. The van der Waals surface area contributed by atoms with E-state index in [-0.39, 0.29) is 18.1 Å². The van der Waals surface area contributed by atoms with Gasteiger partial charge in [-0.1, -0.05) is 6.58 Å². The van der Waals surface area contributed by atoms with Gasteiger partial charge in [0.15, 0.2) is 11.5 Å². The average Bonchev–Trinajstić information content (AvgIpc) is 3.39. The molecule has 3 heterocycles. The second kappa shape index (κ2) is 11.3. The lowest BCUT2D eigenvalue weighted by Crippen LogP contribution is -2.25. The second-order valence-corrected chi connectivity index (χ2v) is 7.45. The van der Waals surface area contributed by atoms with E-state index in [4.69, 9.17) is 14.2 Å². The quantitative estimate of drug-likeness (QED) is 0.330. The number of amides is 2. The molecule has 11 nitrogen and oxygen atoms in total. The lowest BCUT2D eigenvalue weighted by molar-refractivity contribution is -0.116. The zero-order chi connectivity index (χ0) is 24.6. The normalized spacial score (nSPS) is 12.7. The summed E-state index contributed by atoms with van der Waals surface area (Å²) in [5, 5.41) is 6.80. The van der Waals surface area contributed by atoms with Gasteiger partial charge in [0.1, 0.15) is 17.9 Å². The van der Waals surface area contributed by atoms with Gasteiger partial charge in [0.05, 0.1) is 25.9 Å². The van der Waals surface area contributed by atoms with E-state index in [9.17, 15) is 9.59 Å². The summed E-state index contributed by atoms with van der Waals surface area (Å²) < 4.78 is 18.9. The molecule has 1 aliphatic rings. The van der Waals surface area contributed by atoms with E-state index in [1.807, 2.05) is 16.7 Å². The van der Waals surface area contributed by atoms with Crippen molar-refractivity contribution in [2.75, 3.05) is 45.3 Å². The van der Waals surface area contributed by atoms with Crippen molar-refractivity contribution in [2.45, 2.75) is 6.54 Å². The molecule has 2 amide bonds. The number of carbonyl (C=O) groups excluding carboxylic acids is 2. The lowest BCUT2D eigenvalue weighted by atomic mass is 10.2. The molecule has 0 atom stereocenters. The van der Waals surface area contributed by atoms with Crippen LogP contribution in [0.3, 0.4) is 0 Å². The van der Waals surface area contributed by atoms with Crippen LogP contribution in [0.5, 0.6) is 11.5 Å². The maximum atomic E-state index is 12.7. The van der Waals surface area contributed by atoms with Crippen LogP contribution in [0.25, 0.3) is 10.9 Å². The first kappa shape index (κ1) is 23.9. The first-order valence-corrected chi connectivity index (χ1v) is 11.1. The van der Waals surface area contributed by atoms with Crippen molar-refractivity contribution in [1.29, 1.82) is 0 Å². The molecule has 11 heteroatoms. The van der Waals surface area contributed by atoms with E-state index >= 15 is 0 Å². The molecule has 3 aromatic rings. The number of ether oxygens (including phenoxy) is 3. The van der Waals surface area contributed by atoms with E-state index in [0.29, 0.717) is 55.4 Å². The standard InChI is InChI=1S/C24H26N6O5/c1-3-19(31)26-10-12-34-13-14-35-18-7-6-17-20(21(18)33-2)28-24(30-11-9-27-22(17)30)29-23(32)16-5-4-8-25-15-16/h3-8,15,27H,1,9-14H2,2H3,(H,26,31). The number of nitrogens with one attached hydrogen (secondary N) is 2. The van der Waals surface area contributed by atoms with Gasteiger partial charge < -0.3 is 24.8 Å². The van der Waals surface area contributed by atoms with Gasteiger partial charge in [-0.2, -0.15) is 4.99 Å². The summed E-state index contributed by atoms with van der Waals surface area (Å²) in [7, 11) is 1.54. The minimum Gasteiger partial charge on any atom is -0.491 e. The van der Waals surface area contributed by atoms with Crippen molar-refractivity contribution in [1.82, 2.24) is 19.9 Å². The number of fused-ring (bicyclic) bond motifs is 3. The fourth-order valence-electron chi connectivity index (χ4n) is 3.62. The molecule has 0 fully saturated rings. The molecule has 0 saturated heterocycles. The summed E-state index contributed by atoms with van der Waals surface area (Å²) in [4.78, 5) is 36.7. The fourth-order valence-corrected chi connectivity index (χ4v) is 3.62. The third-order valence-corrected chi connectivity index (χ3v) is 5.23. The van der Waals surface area contributed by atoms with Crippen LogP contribution in [-0.2, 0) is 16.1 Å². The molecule has 0 spiro atoms.